The largest absolute Gasteiger partial charge is 0.356 e. The van der Waals surface area contributed by atoms with Crippen molar-refractivity contribution >= 4 is 52.9 Å². The quantitative estimate of drug-likeness (QED) is 0.293. The fourth-order valence-electron chi connectivity index (χ4n) is 1.89. The molecule has 2 rings (SSSR count). The Kier molecular flexibility index (Phi) is 9.49. The van der Waals surface area contributed by atoms with Gasteiger partial charge in [0.25, 0.3) is 0 Å². The minimum atomic E-state index is 0. The third kappa shape index (κ3) is 6.97. The van der Waals surface area contributed by atoms with E-state index in [0.717, 1.165) is 42.8 Å². The molecule has 0 aliphatic rings. The van der Waals surface area contributed by atoms with Gasteiger partial charge in [-0.15, -0.1) is 35.3 Å². The molecular formula is C14H21ClIN5S. The van der Waals surface area contributed by atoms with E-state index in [9.17, 15) is 0 Å². The van der Waals surface area contributed by atoms with Crippen LogP contribution in [0, 0.1) is 0 Å². The Bertz CT molecular complexity index is 555. The van der Waals surface area contributed by atoms with Crippen LogP contribution in [-0.4, -0.2) is 35.9 Å². The molecule has 0 bridgehead atoms. The predicted octanol–water partition coefficient (Wildman–Crippen LogP) is 3.01. The predicted molar refractivity (Wildman–Crippen MR) is 105 cm³/mol. The van der Waals surface area contributed by atoms with Gasteiger partial charge in [0.15, 0.2) is 5.96 Å². The molecule has 22 heavy (non-hydrogen) atoms. The molecule has 0 aliphatic heterocycles. The summed E-state index contributed by atoms with van der Waals surface area (Å²) in [6.45, 7) is 2.62. The maximum Gasteiger partial charge on any atom is 0.190 e. The van der Waals surface area contributed by atoms with Crippen LogP contribution in [0.4, 0.5) is 0 Å². The molecule has 0 radical (unpaired) electrons. The summed E-state index contributed by atoms with van der Waals surface area (Å²) in [5.74, 6) is 0.832. The first kappa shape index (κ1) is 19.2. The van der Waals surface area contributed by atoms with Crippen LogP contribution in [-0.2, 0) is 13.0 Å². The number of thiophene rings is 1. The molecule has 2 N–H and O–H groups in total. The van der Waals surface area contributed by atoms with Crippen LogP contribution in [0.15, 0.2) is 35.6 Å². The molecule has 0 unspecified atom stereocenters. The number of aryl methyl sites for hydroxylation is 1. The Morgan fingerprint density at radius 1 is 1.36 bits per heavy atom. The van der Waals surface area contributed by atoms with Crippen LogP contribution in [0.25, 0.3) is 0 Å². The highest BCUT2D eigenvalue weighted by molar-refractivity contribution is 14.0. The highest BCUT2D eigenvalue weighted by Gasteiger charge is 2.00. The smallest absolute Gasteiger partial charge is 0.190 e. The minimum Gasteiger partial charge on any atom is -0.356 e. The standard InChI is InChI=1S/C14H20ClN5S.HI/c1-16-14(17-7-2-10-20-11-3-8-19-20)18-9-6-12-4-5-13(15)21-12;/h3-5,8,11H,2,6-7,9-10H2,1H3,(H2,16,17,18);1H. The highest BCUT2D eigenvalue weighted by atomic mass is 127. The van der Waals surface area contributed by atoms with Gasteiger partial charge in [0.1, 0.15) is 0 Å². The van der Waals surface area contributed by atoms with Crippen LogP contribution < -0.4 is 10.6 Å². The maximum atomic E-state index is 5.91. The van der Waals surface area contributed by atoms with Gasteiger partial charge in [0.2, 0.25) is 0 Å². The summed E-state index contributed by atoms with van der Waals surface area (Å²) in [6, 6.07) is 5.93. The number of rotatable bonds is 7. The summed E-state index contributed by atoms with van der Waals surface area (Å²) in [5, 5.41) is 10.8. The highest BCUT2D eigenvalue weighted by Crippen LogP contribution is 2.21. The Morgan fingerprint density at radius 3 is 2.82 bits per heavy atom. The van der Waals surface area contributed by atoms with Gasteiger partial charge < -0.3 is 10.6 Å². The molecular weight excluding hydrogens is 433 g/mol. The lowest BCUT2D eigenvalue weighted by atomic mass is 10.3. The lowest BCUT2D eigenvalue weighted by molar-refractivity contribution is 0.570. The molecule has 0 spiro atoms. The van der Waals surface area contributed by atoms with Gasteiger partial charge in [-0.1, -0.05) is 11.6 Å². The molecule has 0 saturated heterocycles. The van der Waals surface area contributed by atoms with Gasteiger partial charge in [-0.3, -0.25) is 9.67 Å². The first-order valence-electron chi connectivity index (χ1n) is 6.94. The number of aliphatic imine (C=N–C) groups is 1. The first-order chi connectivity index (χ1) is 10.3. The van der Waals surface area contributed by atoms with E-state index in [2.05, 4.69) is 26.8 Å². The number of aromatic nitrogens is 2. The fourth-order valence-corrected chi connectivity index (χ4v) is 2.98. The lowest BCUT2D eigenvalue weighted by Gasteiger charge is -2.11. The number of nitrogens with zero attached hydrogens (tertiary/aromatic N) is 3. The molecule has 0 atom stereocenters. The van der Waals surface area contributed by atoms with Crippen molar-refractivity contribution in [2.45, 2.75) is 19.4 Å². The molecule has 8 heteroatoms. The SMILES string of the molecule is CN=C(NCCCn1cccn1)NCCc1ccc(Cl)s1.I. The summed E-state index contributed by atoms with van der Waals surface area (Å²) in [7, 11) is 1.78. The van der Waals surface area contributed by atoms with Crippen LogP contribution >= 0.6 is 46.9 Å². The number of hydrogen-bond acceptors (Lipinski definition) is 3. The van der Waals surface area contributed by atoms with Crippen molar-refractivity contribution in [2.75, 3.05) is 20.1 Å². The summed E-state index contributed by atoms with van der Waals surface area (Å²) < 4.78 is 2.77. The van der Waals surface area contributed by atoms with Crippen molar-refractivity contribution < 1.29 is 0 Å². The molecule has 0 aliphatic carbocycles. The average molecular weight is 454 g/mol. The Labute approximate surface area is 157 Å². The van der Waals surface area contributed by atoms with E-state index >= 15 is 0 Å². The molecule has 0 aromatic carbocycles. The van der Waals surface area contributed by atoms with Crippen LogP contribution in [0.2, 0.25) is 4.34 Å². The van der Waals surface area contributed by atoms with Gasteiger partial charge in [0.05, 0.1) is 4.34 Å². The molecule has 0 saturated carbocycles. The van der Waals surface area contributed by atoms with E-state index in [-0.39, 0.29) is 24.0 Å². The lowest BCUT2D eigenvalue weighted by Crippen LogP contribution is -2.38. The van der Waals surface area contributed by atoms with Crippen LogP contribution in [0.5, 0.6) is 0 Å². The van der Waals surface area contributed by atoms with Gasteiger partial charge in [-0.05, 0) is 31.0 Å². The Hall–Kier alpha value is -0.800. The van der Waals surface area contributed by atoms with Crippen molar-refractivity contribution in [1.29, 1.82) is 0 Å². The minimum absolute atomic E-state index is 0. The van der Waals surface area contributed by atoms with E-state index < -0.39 is 0 Å². The van der Waals surface area contributed by atoms with Gasteiger partial charge >= 0.3 is 0 Å². The van der Waals surface area contributed by atoms with Gasteiger partial charge in [-0.2, -0.15) is 5.10 Å². The van der Waals surface area contributed by atoms with Crippen molar-refractivity contribution in [3.05, 3.63) is 39.8 Å². The van der Waals surface area contributed by atoms with Gasteiger partial charge in [-0.25, -0.2) is 0 Å². The number of hydrogen-bond donors (Lipinski definition) is 2. The first-order valence-corrected chi connectivity index (χ1v) is 8.13. The van der Waals surface area contributed by atoms with Crippen molar-refractivity contribution in [3.63, 3.8) is 0 Å². The summed E-state index contributed by atoms with van der Waals surface area (Å²) in [6.07, 6.45) is 5.72. The summed E-state index contributed by atoms with van der Waals surface area (Å²) in [4.78, 5) is 5.49. The molecule has 0 fully saturated rings. The number of halogens is 2. The second kappa shape index (κ2) is 10.8. The van der Waals surface area contributed by atoms with Crippen LogP contribution in [0.1, 0.15) is 11.3 Å². The van der Waals surface area contributed by atoms with E-state index in [1.807, 2.05) is 23.0 Å². The van der Waals surface area contributed by atoms with E-state index in [1.54, 1.807) is 24.6 Å². The van der Waals surface area contributed by atoms with Crippen molar-refractivity contribution in [2.24, 2.45) is 4.99 Å². The van der Waals surface area contributed by atoms with Crippen LogP contribution in [0.3, 0.4) is 0 Å². The zero-order chi connectivity index (χ0) is 14.9. The maximum absolute atomic E-state index is 5.91. The zero-order valence-electron chi connectivity index (χ0n) is 12.5. The molecule has 2 aromatic rings. The summed E-state index contributed by atoms with van der Waals surface area (Å²) >= 11 is 7.53. The monoisotopic (exact) mass is 453 g/mol. The molecule has 0 amide bonds. The second-order valence-corrected chi connectivity index (χ2v) is 6.30. The Morgan fingerprint density at radius 2 is 2.18 bits per heavy atom. The number of guanidine groups is 1. The van der Waals surface area contributed by atoms with Crippen molar-refractivity contribution in [3.8, 4) is 0 Å². The molecule has 5 nitrogen and oxygen atoms in total. The molecule has 122 valence electrons. The van der Waals surface area contributed by atoms with Gasteiger partial charge in [0, 0.05) is 44.0 Å². The normalized spacial score (nSPS) is 11.1. The average Bonchev–Trinajstić information content (AvgIpc) is 3.13. The van der Waals surface area contributed by atoms with E-state index in [4.69, 9.17) is 11.6 Å². The molecule has 2 heterocycles. The zero-order valence-corrected chi connectivity index (χ0v) is 16.4. The van der Waals surface area contributed by atoms with E-state index in [1.165, 1.54) is 4.88 Å². The third-order valence-electron chi connectivity index (χ3n) is 2.93. The number of nitrogens with one attached hydrogen (secondary N) is 2. The summed E-state index contributed by atoms with van der Waals surface area (Å²) in [5.41, 5.74) is 0. The third-order valence-corrected chi connectivity index (χ3v) is 4.22. The van der Waals surface area contributed by atoms with E-state index in [0.29, 0.717) is 0 Å². The van der Waals surface area contributed by atoms with Crippen molar-refractivity contribution in [1.82, 2.24) is 20.4 Å². The second-order valence-electron chi connectivity index (χ2n) is 4.50. The topological polar surface area (TPSA) is 54.2 Å². The Balaban J connectivity index is 0.00000242. The molecule has 2 aromatic heterocycles. The fraction of sp³-hybridized carbons (Fsp3) is 0.429.